The molecule has 0 spiro atoms. The van der Waals surface area contributed by atoms with Crippen molar-refractivity contribution in [2.24, 2.45) is 0 Å². The monoisotopic (exact) mass is 305 g/mol. The summed E-state index contributed by atoms with van der Waals surface area (Å²) in [5.74, 6) is -0.846. The third-order valence-electron chi connectivity index (χ3n) is 4.08. The molecule has 0 amide bonds. The van der Waals surface area contributed by atoms with Crippen molar-refractivity contribution >= 4 is 22.4 Å². The van der Waals surface area contributed by atoms with Crippen molar-refractivity contribution < 1.29 is 9.90 Å². The van der Waals surface area contributed by atoms with Gasteiger partial charge in [-0.05, 0) is 34.9 Å². The van der Waals surface area contributed by atoms with E-state index in [-0.39, 0.29) is 0 Å². The Hall–Kier alpha value is -2.81. The van der Waals surface area contributed by atoms with Crippen molar-refractivity contribution in [1.82, 2.24) is 0 Å². The minimum Gasteiger partial charge on any atom is -0.480 e. The molecular formula is C20H19NO2. The number of nitrogens with one attached hydrogen (secondary N) is 1. The Bertz CT molecular complexity index is 836. The van der Waals surface area contributed by atoms with Gasteiger partial charge >= 0.3 is 5.97 Å². The first-order valence-corrected chi connectivity index (χ1v) is 7.67. The molecule has 0 bridgehead atoms. The average Bonchev–Trinajstić information content (AvgIpc) is 2.56. The number of carbonyl (C=O) groups is 1. The summed E-state index contributed by atoms with van der Waals surface area (Å²) in [6, 6.07) is 21.2. The van der Waals surface area contributed by atoms with E-state index in [1.54, 1.807) is 0 Å². The maximum Gasteiger partial charge on any atom is 0.326 e. The standard InChI is InChI=1S/C20H19NO2/c1-14-7-2-5-12-18(14)21-19(20(22)23)13-16-10-6-9-15-8-3-4-11-17(15)16/h2-12,19,21H,13H2,1H3,(H,22,23). The zero-order valence-corrected chi connectivity index (χ0v) is 13.0. The van der Waals surface area contributed by atoms with Crippen LogP contribution in [0.1, 0.15) is 11.1 Å². The van der Waals surface area contributed by atoms with Gasteiger partial charge in [-0.15, -0.1) is 0 Å². The van der Waals surface area contributed by atoms with Crippen LogP contribution in [0.3, 0.4) is 0 Å². The molecule has 1 unspecified atom stereocenters. The molecule has 1 atom stereocenters. The van der Waals surface area contributed by atoms with Gasteiger partial charge in [0.1, 0.15) is 6.04 Å². The second kappa shape index (κ2) is 6.53. The molecule has 3 nitrogen and oxygen atoms in total. The SMILES string of the molecule is Cc1ccccc1NC(Cc1cccc2ccccc12)C(=O)O. The highest BCUT2D eigenvalue weighted by Crippen LogP contribution is 2.22. The number of para-hydroxylation sites is 1. The fourth-order valence-corrected chi connectivity index (χ4v) is 2.81. The number of hydrogen-bond acceptors (Lipinski definition) is 2. The first-order valence-electron chi connectivity index (χ1n) is 7.67. The average molecular weight is 305 g/mol. The number of benzene rings is 3. The van der Waals surface area contributed by atoms with Crippen molar-refractivity contribution in [2.75, 3.05) is 5.32 Å². The molecule has 0 heterocycles. The second-order valence-electron chi connectivity index (χ2n) is 5.69. The Kier molecular flexibility index (Phi) is 4.29. The smallest absolute Gasteiger partial charge is 0.326 e. The largest absolute Gasteiger partial charge is 0.480 e. The van der Waals surface area contributed by atoms with Gasteiger partial charge in [-0.1, -0.05) is 60.7 Å². The number of carboxylic acid groups (broad SMARTS) is 1. The summed E-state index contributed by atoms with van der Waals surface area (Å²) >= 11 is 0. The van der Waals surface area contributed by atoms with Crippen molar-refractivity contribution in [1.29, 1.82) is 0 Å². The van der Waals surface area contributed by atoms with Gasteiger partial charge in [0.05, 0.1) is 0 Å². The molecule has 0 aliphatic carbocycles. The number of aliphatic carboxylic acids is 1. The van der Waals surface area contributed by atoms with Crippen LogP contribution in [0.25, 0.3) is 10.8 Å². The first-order chi connectivity index (χ1) is 11.1. The zero-order valence-electron chi connectivity index (χ0n) is 13.0. The van der Waals surface area contributed by atoms with Gasteiger partial charge in [-0.25, -0.2) is 4.79 Å². The molecule has 23 heavy (non-hydrogen) atoms. The Morgan fingerprint density at radius 3 is 2.48 bits per heavy atom. The van der Waals surface area contributed by atoms with E-state index in [0.29, 0.717) is 6.42 Å². The van der Waals surface area contributed by atoms with Gasteiger partial charge in [-0.3, -0.25) is 0 Å². The molecule has 0 saturated carbocycles. The summed E-state index contributed by atoms with van der Waals surface area (Å²) in [5.41, 5.74) is 2.94. The Morgan fingerprint density at radius 1 is 1.00 bits per heavy atom. The number of aryl methyl sites for hydroxylation is 1. The lowest BCUT2D eigenvalue weighted by Gasteiger charge is -2.18. The molecule has 116 valence electrons. The minimum absolute atomic E-state index is 0.436. The molecule has 3 aromatic rings. The van der Waals surface area contributed by atoms with E-state index in [9.17, 15) is 9.90 Å². The summed E-state index contributed by atoms with van der Waals surface area (Å²) in [7, 11) is 0. The van der Waals surface area contributed by atoms with E-state index >= 15 is 0 Å². The van der Waals surface area contributed by atoms with Gasteiger partial charge in [0, 0.05) is 12.1 Å². The van der Waals surface area contributed by atoms with E-state index in [1.807, 2.05) is 73.7 Å². The maximum absolute atomic E-state index is 11.7. The van der Waals surface area contributed by atoms with Crippen molar-refractivity contribution in [2.45, 2.75) is 19.4 Å². The second-order valence-corrected chi connectivity index (χ2v) is 5.69. The van der Waals surface area contributed by atoms with Crippen molar-refractivity contribution in [3.63, 3.8) is 0 Å². The normalized spacial score (nSPS) is 12.0. The third-order valence-corrected chi connectivity index (χ3v) is 4.08. The van der Waals surface area contributed by atoms with E-state index < -0.39 is 12.0 Å². The van der Waals surface area contributed by atoms with Crippen LogP contribution in [0.2, 0.25) is 0 Å². The van der Waals surface area contributed by atoms with Gasteiger partial charge < -0.3 is 10.4 Å². The topological polar surface area (TPSA) is 49.3 Å². The molecule has 0 aliphatic rings. The molecule has 0 aromatic heterocycles. The van der Waals surface area contributed by atoms with Crippen molar-refractivity contribution in [3.8, 4) is 0 Å². The van der Waals surface area contributed by atoms with Crippen LogP contribution in [0.4, 0.5) is 5.69 Å². The molecular weight excluding hydrogens is 286 g/mol. The lowest BCUT2D eigenvalue weighted by molar-refractivity contribution is -0.137. The fraction of sp³-hybridized carbons (Fsp3) is 0.150. The highest BCUT2D eigenvalue weighted by atomic mass is 16.4. The van der Waals surface area contributed by atoms with Crippen LogP contribution in [-0.4, -0.2) is 17.1 Å². The molecule has 3 heteroatoms. The Balaban J connectivity index is 1.90. The van der Waals surface area contributed by atoms with Gasteiger partial charge in [0.15, 0.2) is 0 Å². The van der Waals surface area contributed by atoms with Crippen molar-refractivity contribution in [3.05, 3.63) is 77.9 Å². The summed E-state index contributed by atoms with van der Waals surface area (Å²) < 4.78 is 0. The van der Waals surface area contributed by atoms with E-state index in [4.69, 9.17) is 0 Å². The van der Waals surface area contributed by atoms with Crippen LogP contribution in [0, 0.1) is 6.92 Å². The first kappa shape index (κ1) is 15.1. The molecule has 0 aliphatic heterocycles. The number of anilines is 1. The predicted octanol–water partition coefficient (Wildman–Crippen LogP) is 4.26. The third kappa shape index (κ3) is 3.34. The lowest BCUT2D eigenvalue weighted by Crippen LogP contribution is -2.31. The van der Waals surface area contributed by atoms with Gasteiger partial charge in [0.2, 0.25) is 0 Å². The quantitative estimate of drug-likeness (QED) is 0.740. The Morgan fingerprint density at radius 2 is 1.70 bits per heavy atom. The molecule has 2 N–H and O–H groups in total. The van der Waals surface area contributed by atoms with Crippen LogP contribution >= 0.6 is 0 Å². The van der Waals surface area contributed by atoms with Crippen LogP contribution in [0.5, 0.6) is 0 Å². The van der Waals surface area contributed by atoms with Crippen LogP contribution in [-0.2, 0) is 11.2 Å². The molecule has 0 saturated heterocycles. The lowest BCUT2D eigenvalue weighted by atomic mass is 9.98. The molecule has 0 radical (unpaired) electrons. The molecule has 3 aromatic carbocycles. The number of carboxylic acids is 1. The number of rotatable bonds is 5. The van der Waals surface area contributed by atoms with E-state index in [1.165, 1.54) is 0 Å². The van der Waals surface area contributed by atoms with E-state index in [0.717, 1.165) is 27.6 Å². The number of fused-ring (bicyclic) bond motifs is 1. The van der Waals surface area contributed by atoms with Gasteiger partial charge in [-0.2, -0.15) is 0 Å². The van der Waals surface area contributed by atoms with E-state index in [2.05, 4.69) is 5.32 Å². The minimum atomic E-state index is -0.846. The highest BCUT2D eigenvalue weighted by Gasteiger charge is 2.19. The zero-order chi connectivity index (χ0) is 16.2. The highest BCUT2D eigenvalue weighted by molar-refractivity contribution is 5.87. The molecule has 3 rings (SSSR count). The van der Waals surface area contributed by atoms with Crippen LogP contribution < -0.4 is 5.32 Å². The summed E-state index contributed by atoms with van der Waals surface area (Å²) in [6.45, 7) is 1.97. The predicted molar refractivity (Wildman–Crippen MR) is 93.9 cm³/mol. The molecule has 0 fully saturated rings. The van der Waals surface area contributed by atoms with Crippen LogP contribution in [0.15, 0.2) is 66.7 Å². The maximum atomic E-state index is 11.7. The Labute approximate surface area is 135 Å². The number of hydrogen-bond donors (Lipinski definition) is 2. The van der Waals surface area contributed by atoms with Gasteiger partial charge in [0.25, 0.3) is 0 Å². The summed E-state index contributed by atoms with van der Waals surface area (Å²) in [5, 5.41) is 15.0. The fourth-order valence-electron chi connectivity index (χ4n) is 2.81. The summed E-state index contributed by atoms with van der Waals surface area (Å²) in [6.07, 6.45) is 0.436. The summed E-state index contributed by atoms with van der Waals surface area (Å²) in [4.78, 5) is 11.7.